The second kappa shape index (κ2) is 14.5. The predicted octanol–water partition coefficient (Wildman–Crippen LogP) is 6.91. The van der Waals surface area contributed by atoms with Gasteiger partial charge in [0.2, 0.25) is 5.91 Å². The summed E-state index contributed by atoms with van der Waals surface area (Å²) in [4.78, 5) is 34.5. The largest absolute Gasteiger partial charge is 0.398 e. The van der Waals surface area contributed by atoms with E-state index in [1.165, 1.54) is 5.56 Å². The minimum atomic E-state index is -0.606. The monoisotopic (exact) mass is 646 g/mol. The third-order valence-electron chi connectivity index (χ3n) is 9.39. The van der Waals surface area contributed by atoms with E-state index < -0.39 is 5.92 Å². The number of nitrogens with zero attached hydrogens (tertiary/aromatic N) is 3. The number of carbonyl (C=O) groups excluding carboxylic acids is 2. The van der Waals surface area contributed by atoms with Crippen molar-refractivity contribution in [1.82, 2.24) is 20.1 Å². The summed E-state index contributed by atoms with van der Waals surface area (Å²) in [5, 5.41) is 7.81. The molecular formula is C40H50N6O2. The van der Waals surface area contributed by atoms with Gasteiger partial charge in [0.15, 0.2) is 5.78 Å². The van der Waals surface area contributed by atoms with Crippen molar-refractivity contribution < 1.29 is 9.59 Å². The molecule has 1 aliphatic carbocycles. The van der Waals surface area contributed by atoms with Crippen LogP contribution in [0.1, 0.15) is 85.8 Å². The number of Topliss-reactive ketones (excluding diaryl/α,β-unsaturated/α-hetero) is 1. The number of carbonyl (C=O) groups is 2. The summed E-state index contributed by atoms with van der Waals surface area (Å²) >= 11 is 0. The number of hydrogen-bond donors (Lipinski definition) is 3. The first-order valence-corrected chi connectivity index (χ1v) is 16.9. The normalized spacial score (nSPS) is 17.5. The Bertz CT molecular complexity index is 1800. The number of nitrogens with two attached hydrogens (primary N) is 1. The standard InChI is InChI=1S/C40H50N6O2/c1-26(43-38(45(5)6)32-13-8-10-14-35(32)41)42-29-20-22-30(23-21-29)44-39(48)33(34-25-46(7)36-15-11-9-12-31(34)36)24-37(47)27-16-18-28(19-17-27)40(2,3)4/h8-19,25,29-30,33,42H,1,20-24,41H2,2-7H3,(H,44,48)/b43-38+. The van der Waals surface area contributed by atoms with Gasteiger partial charge in [-0.25, -0.2) is 4.99 Å². The molecule has 0 spiro atoms. The summed E-state index contributed by atoms with van der Waals surface area (Å²) in [6, 6.07) is 23.8. The Hall–Kier alpha value is -4.85. The van der Waals surface area contributed by atoms with Crippen LogP contribution in [0.5, 0.6) is 0 Å². The van der Waals surface area contributed by atoms with E-state index in [9.17, 15) is 9.59 Å². The molecule has 1 atom stereocenters. The Balaban J connectivity index is 1.27. The van der Waals surface area contributed by atoms with E-state index in [0.29, 0.717) is 17.1 Å². The number of hydrogen-bond acceptors (Lipinski definition) is 5. The van der Waals surface area contributed by atoms with Gasteiger partial charge in [-0.3, -0.25) is 9.59 Å². The molecular weight excluding hydrogens is 596 g/mol. The lowest BCUT2D eigenvalue weighted by Gasteiger charge is -2.31. The summed E-state index contributed by atoms with van der Waals surface area (Å²) in [6.07, 6.45) is 5.46. The predicted molar refractivity (Wildman–Crippen MR) is 197 cm³/mol. The zero-order valence-corrected chi connectivity index (χ0v) is 29.2. The zero-order chi connectivity index (χ0) is 34.6. The number of anilines is 1. The van der Waals surface area contributed by atoms with Crippen LogP contribution in [0.15, 0.2) is 96.4 Å². The molecule has 1 amide bonds. The van der Waals surface area contributed by atoms with E-state index in [2.05, 4.69) is 38.0 Å². The molecule has 1 unspecified atom stereocenters. The number of aliphatic imine (C=N–C) groups is 1. The summed E-state index contributed by atoms with van der Waals surface area (Å²) in [6.45, 7) is 10.6. The number of nitrogens with one attached hydrogen (secondary N) is 2. The highest BCUT2D eigenvalue weighted by Crippen LogP contribution is 2.32. The number of benzene rings is 3. The van der Waals surface area contributed by atoms with E-state index >= 15 is 0 Å². The van der Waals surface area contributed by atoms with Crippen LogP contribution < -0.4 is 16.4 Å². The third kappa shape index (κ3) is 7.98. The number of amides is 1. The van der Waals surface area contributed by atoms with Gasteiger partial charge in [-0.15, -0.1) is 0 Å². The molecule has 4 N–H and O–H groups in total. The van der Waals surface area contributed by atoms with Gasteiger partial charge < -0.3 is 25.8 Å². The number of amidine groups is 1. The van der Waals surface area contributed by atoms with E-state index in [4.69, 9.17) is 10.7 Å². The summed E-state index contributed by atoms with van der Waals surface area (Å²) in [7, 11) is 5.86. The summed E-state index contributed by atoms with van der Waals surface area (Å²) < 4.78 is 2.04. The maximum Gasteiger partial charge on any atom is 0.228 e. The van der Waals surface area contributed by atoms with Gasteiger partial charge >= 0.3 is 0 Å². The highest BCUT2D eigenvalue weighted by atomic mass is 16.2. The van der Waals surface area contributed by atoms with Crippen molar-refractivity contribution >= 4 is 34.1 Å². The number of nitrogen functional groups attached to an aromatic ring is 1. The molecule has 8 heteroatoms. The minimum absolute atomic E-state index is 0.00614. The zero-order valence-electron chi connectivity index (χ0n) is 29.2. The van der Waals surface area contributed by atoms with Gasteiger partial charge in [-0.1, -0.05) is 81.9 Å². The lowest BCUT2D eigenvalue weighted by atomic mass is 9.85. The molecule has 5 rings (SSSR count). The fourth-order valence-electron chi connectivity index (χ4n) is 6.64. The number of ketones is 1. The first-order chi connectivity index (χ1) is 22.8. The van der Waals surface area contributed by atoms with Crippen molar-refractivity contribution in [2.75, 3.05) is 19.8 Å². The van der Waals surface area contributed by atoms with E-state index in [0.717, 1.165) is 53.5 Å². The lowest BCUT2D eigenvalue weighted by molar-refractivity contribution is -0.123. The molecule has 0 bridgehead atoms. The number of rotatable bonds is 10. The maximum absolute atomic E-state index is 14.1. The molecule has 0 aliphatic heterocycles. The second-order valence-electron chi connectivity index (χ2n) is 14.3. The van der Waals surface area contributed by atoms with Gasteiger partial charge in [0.25, 0.3) is 0 Å². The first-order valence-electron chi connectivity index (χ1n) is 16.9. The molecule has 1 saturated carbocycles. The van der Waals surface area contributed by atoms with Crippen LogP contribution in [-0.2, 0) is 17.3 Å². The van der Waals surface area contributed by atoms with Crippen LogP contribution in [0.4, 0.5) is 5.69 Å². The van der Waals surface area contributed by atoms with Crippen molar-refractivity contribution in [1.29, 1.82) is 0 Å². The Morgan fingerprint density at radius 3 is 2.17 bits per heavy atom. The van der Waals surface area contributed by atoms with Crippen molar-refractivity contribution in [3.8, 4) is 0 Å². The van der Waals surface area contributed by atoms with Gasteiger partial charge in [0.05, 0.1) is 5.92 Å². The fourth-order valence-corrected chi connectivity index (χ4v) is 6.64. The first kappa shape index (κ1) is 34.5. The smallest absolute Gasteiger partial charge is 0.228 e. The Morgan fingerprint density at radius 1 is 0.938 bits per heavy atom. The van der Waals surface area contributed by atoms with Crippen molar-refractivity contribution in [3.05, 3.63) is 114 Å². The molecule has 252 valence electrons. The van der Waals surface area contributed by atoms with E-state index in [1.54, 1.807) is 0 Å². The van der Waals surface area contributed by atoms with Crippen LogP contribution in [0.2, 0.25) is 0 Å². The highest BCUT2D eigenvalue weighted by Gasteiger charge is 2.31. The van der Waals surface area contributed by atoms with Crippen LogP contribution in [0.25, 0.3) is 10.9 Å². The maximum atomic E-state index is 14.1. The van der Waals surface area contributed by atoms with Crippen LogP contribution >= 0.6 is 0 Å². The average molecular weight is 647 g/mol. The molecule has 1 aromatic heterocycles. The third-order valence-corrected chi connectivity index (χ3v) is 9.39. The second-order valence-corrected chi connectivity index (χ2v) is 14.3. The highest BCUT2D eigenvalue weighted by molar-refractivity contribution is 6.03. The van der Waals surface area contributed by atoms with Gasteiger partial charge in [0.1, 0.15) is 11.7 Å². The minimum Gasteiger partial charge on any atom is -0.398 e. The van der Waals surface area contributed by atoms with Crippen LogP contribution in [0, 0.1) is 0 Å². The lowest BCUT2D eigenvalue weighted by Crippen LogP contribution is -2.43. The molecule has 1 fully saturated rings. The molecule has 8 nitrogen and oxygen atoms in total. The van der Waals surface area contributed by atoms with E-state index in [-0.39, 0.29) is 35.6 Å². The topological polar surface area (TPSA) is 105 Å². The Morgan fingerprint density at radius 2 is 1.54 bits per heavy atom. The SMILES string of the molecule is C=C(/N=C(\c1ccccc1N)N(C)C)NC1CCC(NC(=O)C(CC(=O)c2ccc(C(C)(C)C)cc2)c2cn(C)c3ccccc23)CC1. The van der Waals surface area contributed by atoms with Crippen molar-refractivity contribution in [2.24, 2.45) is 12.0 Å². The van der Waals surface area contributed by atoms with Crippen molar-refractivity contribution in [3.63, 3.8) is 0 Å². The van der Waals surface area contributed by atoms with Gasteiger partial charge in [0, 0.05) is 73.6 Å². The number of aromatic nitrogens is 1. The fraction of sp³-hybridized carbons (Fsp3) is 0.375. The van der Waals surface area contributed by atoms with Gasteiger partial charge in [-0.05, 0) is 60.4 Å². The number of fused-ring (bicyclic) bond motifs is 1. The van der Waals surface area contributed by atoms with Gasteiger partial charge in [-0.2, -0.15) is 0 Å². The molecule has 48 heavy (non-hydrogen) atoms. The summed E-state index contributed by atoms with van der Waals surface area (Å²) in [5.74, 6) is 0.577. The van der Waals surface area contributed by atoms with Crippen LogP contribution in [0.3, 0.4) is 0 Å². The Kier molecular flexibility index (Phi) is 10.4. The van der Waals surface area contributed by atoms with E-state index in [1.807, 2.05) is 110 Å². The molecule has 0 saturated heterocycles. The average Bonchev–Trinajstić information content (AvgIpc) is 3.39. The summed E-state index contributed by atoms with van der Waals surface area (Å²) in [5.41, 5.74) is 11.5. The van der Waals surface area contributed by atoms with Crippen LogP contribution in [-0.4, -0.2) is 53.2 Å². The number of para-hydroxylation sites is 2. The molecule has 3 aromatic carbocycles. The molecule has 4 aromatic rings. The Labute approximate surface area is 285 Å². The molecule has 0 radical (unpaired) electrons. The number of aryl methyl sites for hydroxylation is 1. The quantitative estimate of drug-likeness (QED) is 0.0752. The molecule has 1 aliphatic rings. The van der Waals surface area contributed by atoms with Crippen molar-refractivity contribution in [2.45, 2.75) is 76.3 Å². The molecule has 1 heterocycles.